The second-order valence-electron chi connectivity index (χ2n) is 8.09. The molecule has 0 radical (unpaired) electrons. The number of nitrogens with one attached hydrogen (secondary N) is 1. The summed E-state index contributed by atoms with van der Waals surface area (Å²) in [7, 11) is 0. The number of hydrogen-bond acceptors (Lipinski definition) is 4. The van der Waals surface area contributed by atoms with Gasteiger partial charge >= 0.3 is 12.1 Å². The number of aromatic nitrogens is 2. The van der Waals surface area contributed by atoms with E-state index >= 15 is 0 Å². The van der Waals surface area contributed by atoms with Gasteiger partial charge in [0.1, 0.15) is 11.9 Å². The summed E-state index contributed by atoms with van der Waals surface area (Å²) in [5, 5.41) is 16.1. The van der Waals surface area contributed by atoms with E-state index in [0.29, 0.717) is 6.04 Å². The molecule has 2 N–H and O–H groups in total. The maximum absolute atomic E-state index is 10.6. The highest BCUT2D eigenvalue weighted by atomic mass is 35.5. The van der Waals surface area contributed by atoms with Crippen LogP contribution in [0.5, 0.6) is 5.75 Å². The van der Waals surface area contributed by atoms with Crippen LogP contribution in [0.2, 0.25) is 5.02 Å². The molecule has 6 nitrogen and oxygen atoms in total. The number of alkyl halides is 3. The Balaban J connectivity index is 0.000000360. The lowest BCUT2D eigenvalue weighted by atomic mass is 10.1. The zero-order chi connectivity index (χ0) is 23.3. The van der Waals surface area contributed by atoms with E-state index in [2.05, 4.69) is 29.2 Å². The van der Waals surface area contributed by atoms with Gasteiger partial charge in [0.05, 0.1) is 11.7 Å². The van der Waals surface area contributed by atoms with Gasteiger partial charge in [-0.25, -0.2) is 4.79 Å². The monoisotopic (exact) mass is 473 g/mol. The van der Waals surface area contributed by atoms with Gasteiger partial charge in [-0.1, -0.05) is 24.4 Å². The van der Waals surface area contributed by atoms with E-state index in [4.69, 9.17) is 31.3 Å². The second-order valence-corrected chi connectivity index (χ2v) is 8.53. The van der Waals surface area contributed by atoms with Gasteiger partial charge in [-0.2, -0.15) is 18.3 Å². The van der Waals surface area contributed by atoms with Crippen molar-refractivity contribution in [2.45, 2.75) is 63.8 Å². The van der Waals surface area contributed by atoms with E-state index in [1.165, 1.54) is 25.7 Å². The third-order valence-electron chi connectivity index (χ3n) is 5.64. The molecule has 4 rings (SSSR count). The van der Waals surface area contributed by atoms with Crippen molar-refractivity contribution in [1.29, 1.82) is 0 Å². The molecule has 0 bridgehead atoms. The Morgan fingerprint density at radius 3 is 2.44 bits per heavy atom. The molecule has 2 heterocycles. The molecule has 2 aliphatic rings. The fourth-order valence-corrected chi connectivity index (χ4v) is 4.28. The van der Waals surface area contributed by atoms with Crippen molar-refractivity contribution in [1.82, 2.24) is 15.1 Å². The summed E-state index contributed by atoms with van der Waals surface area (Å²) >= 11 is 6.35. The lowest BCUT2D eigenvalue weighted by Gasteiger charge is -2.26. The molecule has 1 aliphatic carbocycles. The summed E-state index contributed by atoms with van der Waals surface area (Å²) in [6.07, 6.45) is 4.44. The number of rotatable bonds is 4. The zero-order valence-corrected chi connectivity index (χ0v) is 18.5. The van der Waals surface area contributed by atoms with E-state index in [9.17, 15) is 13.2 Å². The van der Waals surface area contributed by atoms with Crippen LogP contribution in [0.4, 0.5) is 13.2 Å². The van der Waals surface area contributed by atoms with Crippen molar-refractivity contribution >= 4 is 17.6 Å². The highest BCUT2D eigenvalue weighted by Gasteiger charge is 2.38. The summed E-state index contributed by atoms with van der Waals surface area (Å²) < 4.78 is 40.3. The van der Waals surface area contributed by atoms with E-state index in [0.717, 1.165) is 53.5 Å². The van der Waals surface area contributed by atoms with Crippen LogP contribution in [0.1, 0.15) is 50.1 Å². The van der Waals surface area contributed by atoms with E-state index in [-0.39, 0.29) is 6.10 Å². The van der Waals surface area contributed by atoms with Gasteiger partial charge in [0.2, 0.25) is 0 Å². The molecule has 1 aliphatic heterocycles. The van der Waals surface area contributed by atoms with Crippen molar-refractivity contribution in [2.24, 2.45) is 0 Å². The largest absolute Gasteiger partial charge is 0.490 e. The van der Waals surface area contributed by atoms with Crippen LogP contribution in [-0.4, -0.2) is 46.2 Å². The van der Waals surface area contributed by atoms with Crippen LogP contribution in [0, 0.1) is 6.92 Å². The second kappa shape index (κ2) is 10.6. The third kappa shape index (κ3) is 6.38. The van der Waals surface area contributed by atoms with Crippen LogP contribution < -0.4 is 10.1 Å². The van der Waals surface area contributed by atoms with Gasteiger partial charge in [0.15, 0.2) is 0 Å². The first-order valence-corrected chi connectivity index (χ1v) is 11.1. The topological polar surface area (TPSA) is 76.4 Å². The van der Waals surface area contributed by atoms with Gasteiger partial charge in [-0.05, 0) is 69.5 Å². The Morgan fingerprint density at radius 2 is 1.84 bits per heavy atom. The number of carboxylic acid groups (broad SMARTS) is 1. The van der Waals surface area contributed by atoms with Crippen molar-refractivity contribution in [3.8, 4) is 17.0 Å². The predicted molar refractivity (Wildman–Crippen MR) is 115 cm³/mol. The average molecular weight is 474 g/mol. The van der Waals surface area contributed by atoms with Crippen molar-refractivity contribution in [3.05, 3.63) is 35.0 Å². The molecule has 0 spiro atoms. The van der Waals surface area contributed by atoms with Crippen LogP contribution in [0.15, 0.2) is 24.4 Å². The quantitative estimate of drug-likeness (QED) is 0.622. The number of aryl methyl sites for hydroxylation is 1. The SMILES string of the molecule is Cc1cc(Cl)cc(-c2ccn(C3CCCC3)n2)c1OC1CCNCC1.O=C(O)C(F)(F)F. The Hall–Kier alpha value is -2.26. The molecular formula is C22H27ClF3N3O3. The summed E-state index contributed by atoms with van der Waals surface area (Å²) in [6, 6.07) is 6.61. The summed E-state index contributed by atoms with van der Waals surface area (Å²) in [5.41, 5.74) is 3.05. The van der Waals surface area contributed by atoms with Crippen LogP contribution in [0.3, 0.4) is 0 Å². The first-order chi connectivity index (χ1) is 15.1. The molecule has 2 aromatic rings. The Kier molecular flexibility index (Phi) is 8.05. The predicted octanol–water partition coefficient (Wildman–Crippen LogP) is 5.39. The molecule has 0 unspecified atom stereocenters. The maximum atomic E-state index is 10.6. The Bertz CT molecular complexity index is 921. The minimum atomic E-state index is -5.08. The maximum Gasteiger partial charge on any atom is 0.490 e. The molecule has 1 saturated carbocycles. The summed E-state index contributed by atoms with van der Waals surface area (Å²) in [4.78, 5) is 8.90. The lowest BCUT2D eigenvalue weighted by Crippen LogP contribution is -2.34. The fraction of sp³-hybridized carbons (Fsp3) is 0.545. The number of carbonyl (C=O) groups is 1. The number of ether oxygens (including phenoxy) is 1. The van der Waals surface area contributed by atoms with Crippen LogP contribution in [-0.2, 0) is 4.79 Å². The number of halogens is 4. The molecular weight excluding hydrogens is 447 g/mol. The van der Waals surface area contributed by atoms with Gasteiger partial charge in [-0.15, -0.1) is 0 Å². The number of nitrogens with zero attached hydrogens (tertiary/aromatic N) is 2. The highest BCUT2D eigenvalue weighted by Crippen LogP contribution is 2.37. The van der Waals surface area contributed by atoms with E-state index < -0.39 is 12.1 Å². The third-order valence-corrected chi connectivity index (χ3v) is 5.85. The Morgan fingerprint density at radius 1 is 1.22 bits per heavy atom. The van der Waals surface area contributed by atoms with E-state index in [1.54, 1.807) is 0 Å². The molecule has 176 valence electrons. The molecule has 32 heavy (non-hydrogen) atoms. The molecule has 10 heteroatoms. The van der Waals surface area contributed by atoms with Crippen molar-refractivity contribution in [2.75, 3.05) is 13.1 Å². The van der Waals surface area contributed by atoms with E-state index in [1.807, 2.05) is 12.1 Å². The summed E-state index contributed by atoms with van der Waals surface area (Å²) in [5.74, 6) is -1.82. The number of benzene rings is 1. The van der Waals surface area contributed by atoms with Crippen molar-refractivity contribution in [3.63, 3.8) is 0 Å². The van der Waals surface area contributed by atoms with Gasteiger partial charge in [0, 0.05) is 16.8 Å². The number of carboxylic acids is 1. The highest BCUT2D eigenvalue weighted by molar-refractivity contribution is 6.31. The van der Waals surface area contributed by atoms with Gasteiger partial charge in [-0.3, -0.25) is 4.68 Å². The Labute approximate surface area is 189 Å². The minimum absolute atomic E-state index is 0.261. The van der Waals surface area contributed by atoms with Crippen molar-refractivity contribution < 1.29 is 27.8 Å². The summed E-state index contributed by atoms with van der Waals surface area (Å²) in [6.45, 7) is 4.10. The number of aliphatic carboxylic acids is 1. The standard InChI is InChI=1S/C20H26ClN3O.C2HF3O2/c1-14-12-15(21)13-18(20(14)25-17-6-9-22-10-7-17)19-8-11-24(23-19)16-4-2-3-5-16;3-2(4,5)1(6)7/h8,11-13,16-17,22H,2-7,9-10H2,1H3;(H,6,7). The molecule has 0 atom stereocenters. The van der Waals surface area contributed by atoms with Gasteiger partial charge in [0.25, 0.3) is 0 Å². The average Bonchev–Trinajstić information content (AvgIpc) is 3.42. The first kappa shape index (κ1) is 24.4. The van der Waals surface area contributed by atoms with Gasteiger partial charge < -0.3 is 15.2 Å². The number of piperidine rings is 1. The zero-order valence-electron chi connectivity index (χ0n) is 17.8. The molecule has 1 aromatic heterocycles. The molecule has 2 fully saturated rings. The minimum Gasteiger partial charge on any atom is -0.489 e. The van der Waals surface area contributed by atoms with Crippen LogP contribution in [0.25, 0.3) is 11.3 Å². The first-order valence-electron chi connectivity index (χ1n) is 10.7. The molecule has 1 aromatic carbocycles. The molecule has 1 saturated heterocycles. The number of hydrogen-bond donors (Lipinski definition) is 2. The normalized spacial score (nSPS) is 17.7. The molecule has 0 amide bonds. The fourth-order valence-electron chi connectivity index (χ4n) is 4.01. The smallest absolute Gasteiger partial charge is 0.489 e. The lowest BCUT2D eigenvalue weighted by molar-refractivity contribution is -0.192. The van der Waals surface area contributed by atoms with Crippen LogP contribution >= 0.6 is 11.6 Å².